The molecule has 5 rings (SSSR count). The molecule has 0 radical (unpaired) electrons. The molecule has 1 aromatic carbocycles. The average Bonchev–Trinajstić information content (AvgIpc) is 3.49. The molecular weight excluding hydrogens is 390 g/mol. The van der Waals surface area contributed by atoms with Gasteiger partial charge in [-0.1, -0.05) is 21.1 Å². The van der Waals surface area contributed by atoms with Crippen molar-refractivity contribution in [1.82, 2.24) is 15.5 Å². The summed E-state index contributed by atoms with van der Waals surface area (Å²) >= 11 is 3.54. The van der Waals surface area contributed by atoms with Crippen LogP contribution in [0.1, 0.15) is 43.0 Å². The van der Waals surface area contributed by atoms with E-state index in [1.165, 1.54) is 0 Å². The maximum absolute atomic E-state index is 12.5. The largest absolute Gasteiger partial charge is 0.454 e. The van der Waals surface area contributed by atoms with E-state index in [0.717, 1.165) is 41.5 Å². The Labute approximate surface area is 152 Å². The van der Waals surface area contributed by atoms with Crippen molar-refractivity contribution in [2.24, 2.45) is 0 Å². The molecule has 1 aliphatic heterocycles. The fraction of sp³-hybridized carbons (Fsp3) is 0.471. The summed E-state index contributed by atoms with van der Waals surface area (Å²) in [5.74, 6) is 2.44. The van der Waals surface area contributed by atoms with Crippen molar-refractivity contribution in [1.29, 1.82) is 0 Å². The lowest BCUT2D eigenvalue weighted by molar-refractivity contribution is -0.124. The summed E-state index contributed by atoms with van der Waals surface area (Å²) in [5.41, 5.74) is 0.365. The van der Waals surface area contributed by atoms with Crippen molar-refractivity contribution in [3.05, 3.63) is 33.9 Å². The number of rotatable bonds is 5. The van der Waals surface area contributed by atoms with Gasteiger partial charge in [0, 0.05) is 16.9 Å². The third-order valence-corrected chi connectivity index (χ3v) is 5.60. The summed E-state index contributed by atoms with van der Waals surface area (Å²) in [6.45, 7) is 0.232. The Morgan fingerprint density at radius 2 is 2.04 bits per heavy atom. The summed E-state index contributed by atoms with van der Waals surface area (Å²) in [7, 11) is 0. The molecule has 1 aromatic heterocycles. The van der Waals surface area contributed by atoms with E-state index in [1.54, 1.807) is 0 Å². The van der Waals surface area contributed by atoms with Gasteiger partial charge in [-0.25, -0.2) is 0 Å². The maximum atomic E-state index is 12.5. The van der Waals surface area contributed by atoms with E-state index in [9.17, 15) is 4.79 Å². The molecule has 0 bridgehead atoms. The van der Waals surface area contributed by atoms with Crippen molar-refractivity contribution in [3.8, 4) is 11.5 Å². The normalized spacial score (nSPS) is 19.7. The number of hydrogen-bond acceptors (Lipinski definition) is 6. The molecule has 1 amide bonds. The van der Waals surface area contributed by atoms with Gasteiger partial charge in [0.15, 0.2) is 17.3 Å². The van der Waals surface area contributed by atoms with Gasteiger partial charge < -0.3 is 19.3 Å². The van der Waals surface area contributed by atoms with Gasteiger partial charge in [-0.3, -0.25) is 4.79 Å². The lowest BCUT2D eigenvalue weighted by Gasteiger charge is -2.09. The highest BCUT2D eigenvalue weighted by molar-refractivity contribution is 9.10. The average molecular weight is 406 g/mol. The second kappa shape index (κ2) is 5.45. The number of carbonyl (C=O) groups excluding carboxylic acids is 1. The molecule has 7 nitrogen and oxygen atoms in total. The smallest absolute Gasteiger partial charge is 0.242 e. The molecule has 2 aliphatic carbocycles. The van der Waals surface area contributed by atoms with E-state index < -0.39 is 5.41 Å². The zero-order valence-corrected chi connectivity index (χ0v) is 15.0. The Hall–Kier alpha value is -2.09. The van der Waals surface area contributed by atoms with Gasteiger partial charge in [-0.2, -0.15) is 4.98 Å². The molecule has 0 atom stereocenters. The van der Waals surface area contributed by atoms with Crippen LogP contribution in [0.2, 0.25) is 0 Å². The number of halogens is 1. The summed E-state index contributed by atoms with van der Waals surface area (Å²) in [5, 5.41) is 7.12. The fourth-order valence-electron chi connectivity index (χ4n) is 3.00. The van der Waals surface area contributed by atoms with Crippen LogP contribution in [0, 0.1) is 0 Å². The molecule has 0 unspecified atom stereocenters. The first-order valence-corrected chi connectivity index (χ1v) is 9.15. The van der Waals surface area contributed by atoms with Crippen LogP contribution in [0.5, 0.6) is 11.5 Å². The second-order valence-corrected chi connectivity index (χ2v) is 7.67. The molecule has 130 valence electrons. The van der Waals surface area contributed by atoms with Crippen LogP contribution in [-0.4, -0.2) is 28.9 Å². The van der Waals surface area contributed by atoms with E-state index >= 15 is 0 Å². The molecule has 2 aromatic rings. The molecule has 3 aliphatic rings. The summed E-state index contributed by atoms with van der Waals surface area (Å²) in [6.07, 6.45) is 4.15. The van der Waals surface area contributed by atoms with Crippen LogP contribution in [0.15, 0.2) is 21.1 Å². The van der Waals surface area contributed by atoms with E-state index in [4.69, 9.17) is 14.0 Å². The first kappa shape index (κ1) is 15.2. The summed E-state index contributed by atoms with van der Waals surface area (Å²) in [4.78, 5) is 16.9. The highest BCUT2D eigenvalue weighted by Gasteiger charge is 2.56. The van der Waals surface area contributed by atoms with Gasteiger partial charge in [-0.05, 0) is 43.4 Å². The minimum atomic E-state index is -0.611. The van der Waals surface area contributed by atoms with Crippen molar-refractivity contribution in [2.45, 2.75) is 43.6 Å². The molecule has 0 saturated heterocycles. The first-order valence-electron chi connectivity index (χ1n) is 8.36. The Kier molecular flexibility index (Phi) is 3.31. The molecular formula is C17H16BrN3O4. The molecule has 2 saturated carbocycles. The minimum absolute atomic E-state index is 0.0226. The van der Waals surface area contributed by atoms with E-state index in [1.807, 2.05) is 12.1 Å². The Morgan fingerprint density at radius 3 is 2.76 bits per heavy atom. The number of benzene rings is 1. The Bertz CT molecular complexity index is 858. The third kappa shape index (κ3) is 2.68. The fourth-order valence-corrected chi connectivity index (χ4v) is 3.46. The SMILES string of the molecule is O=C(NC1CC1)C1(c2nc(Cc3cc4c(cc3Br)OCO4)no2)CC1. The number of nitrogens with zero attached hydrogens (tertiary/aromatic N) is 2. The third-order valence-electron chi connectivity index (χ3n) is 4.86. The lowest BCUT2D eigenvalue weighted by atomic mass is 10.1. The van der Waals surface area contributed by atoms with Gasteiger partial charge in [0.1, 0.15) is 5.41 Å². The zero-order valence-electron chi connectivity index (χ0n) is 13.4. The van der Waals surface area contributed by atoms with Gasteiger partial charge in [0.2, 0.25) is 18.6 Å². The van der Waals surface area contributed by atoms with Crippen LogP contribution >= 0.6 is 15.9 Å². The number of amides is 1. The van der Waals surface area contributed by atoms with E-state index in [2.05, 4.69) is 31.4 Å². The number of nitrogens with one attached hydrogen (secondary N) is 1. The van der Waals surface area contributed by atoms with E-state index in [-0.39, 0.29) is 12.7 Å². The highest BCUT2D eigenvalue weighted by atomic mass is 79.9. The van der Waals surface area contributed by atoms with Crippen LogP contribution < -0.4 is 14.8 Å². The van der Waals surface area contributed by atoms with Gasteiger partial charge in [0.05, 0.1) is 0 Å². The van der Waals surface area contributed by atoms with Crippen LogP contribution in [-0.2, 0) is 16.6 Å². The van der Waals surface area contributed by atoms with Crippen LogP contribution in [0.4, 0.5) is 0 Å². The van der Waals surface area contributed by atoms with Crippen LogP contribution in [0.25, 0.3) is 0 Å². The zero-order chi connectivity index (χ0) is 17.0. The van der Waals surface area contributed by atoms with Crippen molar-refractivity contribution in [3.63, 3.8) is 0 Å². The topological polar surface area (TPSA) is 86.5 Å². The highest BCUT2D eigenvalue weighted by Crippen LogP contribution is 2.48. The lowest BCUT2D eigenvalue weighted by Crippen LogP contribution is -2.36. The van der Waals surface area contributed by atoms with Crippen LogP contribution in [0.3, 0.4) is 0 Å². The van der Waals surface area contributed by atoms with Crippen molar-refractivity contribution >= 4 is 21.8 Å². The minimum Gasteiger partial charge on any atom is -0.454 e. The van der Waals surface area contributed by atoms with Crippen molar-refractivity contribution < 1.29 is 18.8 Å². The molecule has 1 N–H and O–H groups in total. The first-order chi connectivity index (χ1) is 12.1. The number of hydrogen-bond donors (Lipinski definition) is 1. The molecule has 2 heterocycles. The van der Waals surface area contributed by atoms with Gasteiger partial charge >= 0.3 is 0 Å². The molecule has 0 spiro atoms. The second-order valence-electron chi connectivity index (χ2n) is 6.82. The molecule has 8 heteroatoms. The number of ether oxygens (including phenoxy) is 2. The monoisotopic (exact) mass is 405 g/mol. The van der Waals surface area contributed by atoms with Gasteiger partial charge in [-0.15, -0.1) is 0 Å². The van der Waals surface area contributed by atoms with Crippen molar-refractivity contribution in [2.75, 3.05) is 6.79 Å². The predicted molar refractivity (Wildman–Crippen MR) is 89.4 cm³/mol. The summed E-state index contributed by atoms with van der Waals surface area (Å²) < 4.78 is 17.1. The van der Waals surface area contributed by atoms with E-state index in [0.29, 0.717) is 29.9 Å². The Balaban J connectivity index is 1.36. The summed E-state index contributed by atoms with van der Waals surface area (Å²) in [6, 6.07) is 4.12. The number of carbonyl (C=O) groups is 1. The standard InChI is InChI=1S/C17H16BrN3O4/c18-11-7-13-12(23-8-24-13)5-9(11)6-14-20-16(25-21-14)17(3-4-17)15(22)19-10-1-2-10/h5,7,10H,1-4,6,8H2,(H,19,22). The predicted octanol–water partition coefficient (Wildman–Crippen LogP) is 2.46. The number of aromatic nitrogens is 2. The quantitative estimate of drug-likeness (QED) is 0.821. The molecule has 25 heavy (non-hydrogen) atoms. The Morgan fingerprint density at radius 1 is 1.28 bits per heavy atom. The van der Waals surface area contributed by atoms with Gasteiger partial charge in [0.25, 0.3) is 0 Å². The molecule has 2 fully saturated rings. The maximum Gasteiger partial charge on any atom is 0.242 e. The number of fused-ring (bicyclic) bond motifs is 1.